The van der Waals surface area contributed by atoms with Crippen LogP contribution in [0.3, 0.4) is 0 Å². The smallest absolute Gasteiger partial charge is 0.300 e. The monoisotopic (exact) mass is 456 g/mol. The number of rotatable bonds is 6. The van der Waals surface area contributed by atoms with Crippen molar-refractivity contribution in [2.75, 3.05) is 11.5 Å². The molecule has 174 valence electrons. The number of hydrogen-bond donors (Lipinski definition) is 1. The zero-order chi connectivity index (χ0) is 24.4. The van der Waals surface area contributed by atoms with E-state index in [4.69, 9.17) is 4.74 Å². The average Bonchev–Trinajstić information content (AvgIpc) is 3.10. The Morgan fingerprint density at radius 3 is 2.53 bits per heavy atom. The van der Waals surface area contributed by atoms with Gasteiger partial charge in [0.2, 0.25) is 0 Å². The number of carbonyl (C=O) groups excluding carboxylic acids is 2. The zero-order valence-electron chi connectivity index (χ0n) is 19.8. The van der Waals surface area contributed by atoms with Crippen LogP contribution in [0.4, 0.5) is 5.69 Å². The van der Waals surface area contributed by atoms with Gasteiger partial charge < -0.3 is 9.84 Å². The standard InChI is InChI=1S/C28H28N2O4/c1-5-14-34-23-12-11-20(15-18(23)3)26(31)24-25(21-9-7-13-29-16-21)30(28(33)27(24)32)22-10-6-8-17(2)19(22)4/h6-13,15-16,25,31H,5,14H2,1-4H3/b26-24+. The second kappa shape index (κ2) is 9.51. The Balaban J connectivity index is 1.89. The van der Waals surface area contributed by atoms with Gasteiger partial charge in [-0.25, -0.2) is 0 Å². The number of aromatic nitrogens is 1. The normalized spacial score (nSPS) is 17.3. The lowest BCUT2D eigenvalue weighted by molar-refractivity contribution is -0.132. The van der Waals surface area contributed by atoms with Crippen molar-refractivity contribution in [3.05, 3.63) is 94.3 Å². The number of aliphatic hydroxyl groups excluding tert-OH is 1. The van der Waals surface area contributed by atoms with Gasteiger partial charge in [0, 0.05) is 23.6 Å². The molecule has 1 unspecified atom stereocenters. The summed E-state index contributed by atoms with van der Waals surface area (Å²) < 4.78 is 5.74. The largest absolute Gasteiger partial charge is 0.507 e. The molecule has 1 fully saturated rings. The fourth-order valence-corrected chi connectivity index (χ4v) is 4.26. The third kappa shape index (κ3) is 4.07. The van der Waals surface area contributed by atoms with Gasteiger partial charge in [0.1, 0.15) is 11.5 Å². The molecule has 0 radical (unpaired) electrons. The van der Waals surface area contributed by atoms with Crippen LogP contribution in [-0.2, 0) is 9.59 Å². The summed E-state index contributed by atoms with van der Waals surface area (Å²) in [6.07, 6.45) is 4.13. The lowest BCUT2D eigenvalue weighted by Gasteiger charge is -2.27. The third-order valence-corrected chi connectivity index (χ3v) is 6.19. The summed E-state index contributed by atoms with van der Waals surface area (Å²) in [7, 11) is 0. The number of aryl methyl sites for hydroxylation is 2. The Labute approximate surface area is 199 Å². The van der Waals surface area contributed by atoms with E-state index in [0.717, 1.165) is 28.9 Å². The maximum Gasteiger partial charge on any atom is 0.300 e. The molecule has 6 nitrogen and oxygen atoms in total. The summed E-state index contributed by atoms with van der Waals surface area (Å²) in [6.45, 7) is 8.38. The van der Waals surface area contributed by atoms with Gasteiger partial charge in [-0.05, 0) is 79.8 Å². The number of Topliss-reactive ketones (excluding diaryl/α,β-unsaturated/α-hetero) is 1. The summed E-state index contributed by atoms with van der Waals surface area (Å²) in [6, 6.07) is 13.6. The highest BCUT2D eigenvalue weighted by Gasteiger charge is 2.47. The van der Waals surface area contributed by atoms with Crippen LogP contribution in [-0.4, -0.2) is 28.4 Å². The number of aliphatic hydroxyl groups is 1. The highest BCUT2D eigenvalue weighted by atomic mass is 16.5. The number of ether oxygens (including phenoxy) is 1. The predicted molar refractivity (Wildman–Crippen MR) is 132 cm³/mol. The molecule has 1 aromatic heterocycles. The van der Waals surface area contributed by atoms with Gasteiger partial charge in [-0.3, -0.25) is 19.5 Å². The Morgan fingerprint density at radius 1 is 1.06 bits per heavy atom. The number of benzene rings is 2. The molecule has 3 aromatic rings. The van der Waals surface area contributed by atoms with Gasteiger partial charge in [-0.15, -0.1) is 0 Å². The first-order chi connectivity index (χ1) is 16.3. The molecule has 1 aliphatic rings. The summed E-state index contributed by atoms with van der Waals surface area (Å²) in [4.78, 5) is 32.3. The van der Waals surface area contributed by atoms with E-state index in [2.05, 4.69) is 4.98 Å². The van der Waals surface area contributed by atoms with Gasteiger partial charge in [-0.2, -0.15) is 0 Å². The van der Waals surface area contributed by atoms with E-state index >= 15 is 0 Å². The van der Waals surface area contributed by atoms with Gasteiger partial charge in [0.25, 0.3) is 11.7 Å². The van der Waals surface area contributed by atoms with E-state index < -0.39 is 17.7 Å². The van der Waals surface area contributed by atoms with Crippen molar-refractivity contribution in [3.63, 3.8) is 0 Å². The number of pyridine rings is 1. The molecular weight excluding hydrogens is 428 g/mol. The van der Waals surface area contributed by atoms with E-state index in [-0.39, 0.29) is 11.3 Å². The highest BCUT2D eigenvalue weighted by Crippen LogP contribution is 2.43. The number of hydrogen-bond acceptors (Lipinski definition) is 5. The molecule has 1 saturated heterocycles. The first kappa shape index (κ1) is 23.2. The van der Waals surface area contributed by atoms with Crippen LogP contribution < -0.4 is 9.64 Å². The molecule has 1 aliphatic heterocycles. The second-order valence-electron chi connectivity index (χ2n) is 8.50. The van der Waals surface area contributed by atoms with Crippen molar-refractivity contribution in [1.82, 2.24) is 4.98 Å². The summed E-state index contributed by atoms with van der Waals surface area (Å²) in [5.74, 6) is -0.900. The predicted octanol–water partition coefficient (Wildman–Crippen LogP) is 5.42. The van der Waals surface area contributed by atoms with E-state index in [1.54, 1.807) is 36.7 Å². The van der Waals surface area contributed by atoms with Crippen LogP contribution in [0.1, 0.15) is 47.2 Å². The SMILES string of the molecule is CCCOc1ccc(/C(O)=C2\C(=O)C(=O)N(c3cccc(C)c3C)C2c2cccnc2)cc1C. The second-order valence-corrected chi connectivity index (χ2v) is 8.50. The van der Waals surface area contributed by atoms with E-state index in [9.17, 15) is 14.7 Å². The average molecular weight is 457 g/mol. The molecule has 0 aliphatic carbocycles. The van der Waals surface area contributed by atoms with E-state index in [0.29, 0.717) is 23.4 Å². The van der Waals surface area contributed by atoms with Crippen LogP contribution >= 0.6 is 0 Å². The minimum atomic E-state index is -0.800. The van der Waals surface area contributed by atoms with Gasteiger partial charge in [0.05, 0.1) is 18.2 Å². The molecule has 1 atom stereocenters. The fraction of sp³-hybridized carbons (Fsp3) is 0.250. The zero-order valence-corrected chi connectivity index (χ0v) is 19.8. The molecule has 2 heterocycles. The Kier molecular flexibility index (Phi) is 6.50. The third-order valence-electron chi connectivity index (χ3n) is 6.19. The number of anilines is 1. The number of carbonyl (C=O) groups is 2. The minimum absolute atomic E-state index is 0.0422. The molecule has 4 rings (SSSR count). The maximum absolute atomic E-state index is 13.3. The van der Waals surface area contributed by atoms with Crippen molar-refractivity contribution in [1.29, 1.82) is 0 Å². The van der Waals surface area contributed by atoms with Crippen molar-refractivity contribution < 1.29 is 19.4 Å². The molecule has 1 amide bonds. The number of amides is 1. The summed E-state index contributed by atoms with van der Waals surface area (Å²) in [5.41, 5.74) is 4.50. The molecule has 0 saturated carbocycles. The number of ketones is 1. The lowest BCUT2D eigenvalue weighted by atomic mass is 9.95. The van der Waals surface area contributed by atoms with E-state index in [1.807, 2.05) is 52.0 Å². The van der Waals surface area contributed by atoms with Gasteiger partial charge in [-0.1, -0.05) is 25.1 Å². The quantitative estimate of drug-likeness (QED) is 0.304. The maximum atomic E-state index is 13.3. The van der Waals surface area contributed by atoms with E-state index in [1.165, 1.54) is 4.90 Å². The molecular formula is C28H28N2O4. The first-order valence-corrected chi connectivity index (χ1v) is 11.4. The molecule has 6 heteroatoms. The molecule has 34 heavy (non-hydrogen) atoms. The van der Waals surface area contributed by atoms with Crippen LogP contribution in [0, 0.1) is 20.8 Å². The Bertz CT molecular complexity index is 1280. The Morgan fingerprint density at radius 2 is 1.85 bits per heavy atom. The first-order valence-electron chi connectivity index (χ1n) is 11.4. The topological polar surface area (TPSA) is 79.7 Å². The fourth-order valence-electron chi connectivity index (χ4n) is 4.26. The molecule has 2 aromatic carbocycles. The lowest BCUT2D eigenvalue weighted by Crippen LogP contribution is -2.30. The van der Waals surface area contributed by atoms with Gasteiger partial charge >= 0.3 is 0 Å². The van der Waals surface area contributed by atoms with Crippen LogP contribution in [0.25, 0.3) is 5.76 Å². The molecule has 0 bridgehead atoms. The molecule has 0 spiro atoms. The summed E-state index contributed by atoms with van der Waals surface area (Å²) >= 11 is 0. The van der Waals surface area contributed by atoms with Gasteiger partial charge in [0.15, 0.2) is 0 Å². The van der Waals surface area contributed by atoms with Crippen molar-refractivity contribution >= 4 is 23.1 Å². The van der Waals surface area contributed by atoms with Crippen molar-refractivity contribution in [2.45, 2.75) is 40.2 Å². The summed E-state index contributed by atoms with van der Waals surface area (Å²) in [5, 5.41) is 11.3. The van der Waals surface area contributed by atoms with Crippen LogP contribution in [0.15, 0.2) is 66.5 Å². The van der Waals surface area contributed by atoms with Crippen LogP contribution in [0.5, 0.6) is 5.75 Å². The Hall–Kier alpha value is -3.93. The highest BCUT2D eigenvalue weighted by molar-refractivity contribution is 6.51. The minimum Gasteiger partial charge on any atom is -0.507 e. The number of nitrogens with zero attached hydrogens (tertiary/aromatic N) is 2. The van der Waals surface area contributed by atoms with Crippen LogP contribution in [0.2, 0.25) is 0 Å². The van der Waals surface area contributed by atoms with Crippen molar-refractivity contribution in [3.8, 4) is 5.75 Å². The van der Waals surface area contributed by atoms with Crippen molar-refractivity contribution in [2.24, 2.45) is 0 Å². The molecule has 1 N–H and O–H groups in total.